The van der Waals surface area contributed by atoms with E-state index in [0.29, 0.717) is 35.5 Å². The third-order valence-electron chi connectivity index (χ3n) is 5.62. The summed E-state index contributed by atoms with van der Waals surface area (Å²) in [6, 6.07) is 17.1. The van der Waals surface area contributed by atoms with Crippen molar-refractivity contribution in [3.63, 3.8) is 0 Å². The minimum Gasteiger partial charge on any atom is -0.280 e. The minimum atomic E-state index is -3.84. The van der Waals surface area contributed by atoms with E-state index in [1.165, 1.54) is 4.31 Å². The number of hydrogen-bond donors (Lipinski definition) is 1. The van der Waals surface area contributed by atoms with Crippen LogP contribution in [0.25, 0.3) is 0 Å². The van der Waals surface area contributed by atoms with Crippen LogP contribution in [0, 0.1) is 20.8 Å². The van der Waals surface area contributed by atoms with Crippen molar-refractivity contribution in [3.05, 3.63) is 82.9 Å². The molecule has 0 fully saturated rings. The van der Waals surface area contributed by atoms with Crippen molar-refractivity contribution in [3.8, 4) is 0 Å². The molecule has 6 nitrogen and oxygen atoms in total. The SMILES string of the molecule is Cc1cc(C)c(S(=O)(=O)Nc2ccc3c(c2)N(S(=O)(=O)c2ccccc2)CCC3)c(C)c1. The smallest absolute Gasteiger partial charge is 0.264 e. The first-order valence-corrected chi connectivity index (χ1v) is 13.3. The molecular weight excluding hydrogens is 444 g/mol. The maximum absolute atomic E-state index is 13.3. The first-order valence-electron chi connectivity index (χ1n) is 10.4. The topological polar surface area (TPSA) is 83.6 Å². The molecule has 0 amide bonds. The van der Waals surface area contributed by atoms with Gasteiger partial charge in [0.25, 0.3) is 20.0 Å². The first kappa shape index (κ1) is 22.4. The molecule has 1 aliphatic heterocycles. The summed E-state index contributed by atoms with van der Waals surface area (Å²) in [5, 5.41) is 0. The number of anilines is 2. The lowest BCUT2D eigenvalue weighted by atomic mass is 10.0. The van der Waals surface area contributed by atoms with E-state index >= 15 is 0 Å². The Morgan fingerprint density at radius 1 is 0.844 bits per heavy atom. The van der Waals surface area contributed by atoms with Crippen LogP contribution in [0.1, 0.15) is 28.7 Å². The van der Waals surface area contributed by atoms with E-state index in [9.17, 15) is 16.8 Å². The molecule has 0 spiro atoms. The van der Waals surface area contributed by atoms with Gasteiger partial charge in [-0.15, -0.1) is 0 Å². The van der Waals surface area contributed by atoms with Gasteiger partial charge in [0.2, 0.25) is 0 Å². The van der Waals surface area contributed by atoms with Crippen molar-refractivity contribution in [1.29, 1.82) is 0 Å². The van der Waals surface area contributed by atoms with E-state index in [1.807, 2.05) is 19.1 Å². The average molecular weight is 471 g/mol. The largest absolute Gasteiger partial charge is 0.280 e. The normalized spacial score (nSPS) is 14.2. The monoisotopic (exact) mass is 470 g/mol. The molecule has 8 heteroatoms. The molecular formula is C24H26N2O4S2. The number of aryl methyl sites for hydroxylation is 4. The molecule has 0 atom stereocenters. The summed E-state index contributed by atoms with van der Waals surface area (Å²) in [7, 11) is -7.59. The van der Waals surface area contributed by atoms with Crippen LogP contribution in [0.2, 0.25) is 0 Å². The van der Waals surface area contributed by atoms with Crippen molar-refractivity contribution >= 4 is 31.4 Å². The predicted octanol–water partition coefficient (Wildman–Crippen LogP) is 4.55. The lowest BCUT2D eigenvalue weighted by Crippen LogP contribution is -2.35. The third kappa shape index (κ3) is 4.12. The number of sulfonamides is 2. The van der Waals surface area contributed by atoms with Gasteiger partial charge < -0.3 is 0 Å². The molecule has 1 heterocycles. The fourth-order valence-electron chi connectivity index (χ4n) is 4.37. The van der Waals surface area contributed by atoms with Gasteiger partial charge in [-0.2, -0.15) is 0 Å². The summed E-state index contributed by atoms with van der Waals surface area (Å²) in [5.74, 6) is 0. The molecule has 1 N–H and O–H groups in total. The van der Waals surface area contributed by atoms with Gasteiger partial charge >= 0.3 is 0 Å². The Balaban J connectivity index is 1.73. The summed E-state index contributed by atoms with van der Waals surface area (Å²) in [6.45, 7) is 5.82. The Morgan fingerprint density at radius 3 is 2.16 bits per heavy atom. The van der Waals surface area contributed by atoms with E-state index in [0.717, 1.165) is 17.5 Å². The molecule has 3 aromatic rings. The zero-order valence-electron chi connectivity index (χ0n) is 18.3. The Kier molecular flexibility index (Phi) is 5.77. The van der Waals surface area contributed by atoms with E-state index in [2.05, 4.69) is 4.72 Å². The zero-order valence-corrected chi connectivity index (χ0v) is 19.9. The highest BCUT2D eigenvalue weighted by Crippen LogP contribution is 2.35. The van der Waals surface area contributed by atoms with Crippen LogP contribution < -0.4 is 9.03 Å². The van der Waals surface area contributed by atoms with Crippen LogP contribution in [-0.4, -0.2) is 23.4 Å². The maximum Gasteiger partial charge on any atom is 0.264 e. The third-order valence-corrected chi connectivity index (χ3v) is 9.13. The predicted molar refractivity (Wildman–Crippen MR) is 127 cm³/mol. The molecule has 0 bridgehead atoms. The van der Waals surface area contributed by atoms with E-state index in [-0.39, 0.29) is 9.79 Å². The van der Waals surface area contributed by atoms with E-state index < -0.39 is 20.0 Å². The van der Waals surface area contributed by atoms with Crippen LogP contribution in [-0.2, 0) is 26.5 Å². The maximum atomic E-state index is 13.3. The van der Waals surface area contributed by atoms with Crippen molar-refractivity contribution in [1.82, 2.24) is 0 Å². The summed E-state index contributed by atoms with van der Waals surface area (Å²) in [6.07, 6.45) is 1.44. The number of fused-ring (bicyclic) bond motifs is 1. The van der Waals surface area contributed by atoms with Gasteiger partial charge in [-0.25, -0.2) is 16.8 Å². The van der Waals surface area contributed by atoms with Crippen LogP contribution in [0.5, 0.6) is 0 Å². The van der Waals surface area contributed by atoms with Gasteiger partial charge in [-0.1, -0.05) is 42.0 Å². The quantitative estimate of drug-likeness (QED) is 0.593. The molecule has 0 unspecified atom stereocenters. The molecule has 0 saturated carbocycles. The van der Waals surface area contributed by atoms with E-state index in [4.69, 9.17) is 0 Å². The Hall–Kier alpha value is -2.84. The van der Waals surface area contributed by atoms with E-state index in [1.54, 1.807) is 62.4 Å². The van der Waals surface area contributed by atoms with Crippen molar-refractivity contribution in [2.24, 2.45) is 0 Å². The molecule has 168 valence electrons. The van der Waals surface area contributed by atoms with Gasteiger partial charge in [0.1, 0.15) is 0 Å². The highest BCUT2D eigenvalue weighted by molar-refractivity contribution is 7.93. The summed E-state index contributed by atoms with van der Waals surface area (Å²) < 4.78 is 56.9. The molecule has 32 heavy (non-hydrogen) atoms. The van der Waals surface area contributed by atoms with Gasteiger partial charge in [-0.05, 0) is 74.6 Å². The summed E-state index contributed by atoms with van der Waals surface area (Å²) >= 11 is 0. The van der Waals surface area contributed by atoms with Crippen molar-refractivity contribution in [2.75, 3.05) is 15.6 Å². The summed E-state index contributed by atoms with van der Waals surface area (Å²) in [5.41, 5.74) is 4.05. The van der Waals surface area contributed by atoms with Crippen LogP contribution >= 0.6 is 0 Å². The minimum absolute atomic E-state index is 0.213. The van der Waals surface area contributed by atoms with Crippen LogP contribution in [0.4, 0.5) is 11.4 Å². The highest BCUT2D eigenvalue weighted by Gasteiger charge is 2.30. The highest BCUT2D eigenvalue weighted by atomic mass is 32.2. The molecule has 3 aromatic carbocycles. The Bertz CT molecular complexity index is 1360. The molecule has 0 saturated heterocycles. The van der Waals surface area contributed by atoms with Gasteiger partial charge in [0, 0.05) is 6.54 Å². The molecule has 1 aliphatic rings. The second-order valence-electron chi connectivity index (χ2n) is 8.17. The van der Waals surface area contributed by atoms with Crippen LogP contribution in [0.15, 0.2) is 70.5 Å². The standard InChI is InChI=1S/C24H26N2O4S2/c1-17-14-18(2)24(19(3)15-17)31(27,28)25-21-12-11-20-8-7-13-26(23(20)16-21)32(29,30)22-9-5-4-6-10-22/h4-6,9-12,14-16,25H,7-8,13H2,1-3H3. The molecule has 0 aliphatic carbocycles. The molecule has 0 radical (unpaired) electrons. The second kappa shape index (κ2) is 8.26. The molecule has 0 aromatic heterocycles. The van der Waals surface area contributed by atoms with Crippen molar-refractivity contribution < 1.29 is 16.8 Å². The van der Waals surface area contributed by atoms with Gasteiger partial charge in [0.05, 0.1) is 21.2 Å². The first-order chi connectivity index (χ1) is 15.1. The molecule has 4 rings (SSSR count). The average Bonchev–Trinajstić information content (AvgIpc) is 2.72. The summed E-state index contributed by atoms with van der Waals surface area (Å²) in [4.78, 5) is 0.458. The number of nitrogens with zero attached hydrogens (tertiary/aromatic N) is 1. The number of hydrogen-bond acceptors (Lipinski definition) is 4. The lowest BCUT2D eigenvalue weighted by Gasteiger charge is -2.31. The number of nitrogens with one attached hydrogen (secondary N) is 1. The van der Waals surface area contributed by atoms with Crippen molar-refractivity contribution in [2.45, 2.75) is 43.4 Å². The second-order valence-corrected chi connectivity index (χ2v) is 11.7. The number of benzene rings is 3. The fourth-order valence-corrected chi connectivity index (χ4v) is 7.43. The Morgan fingerprint density at radius 2 is 1.50 bits per heavy atom. The zero-order chi connectivity index (χ0) is 23.1. The lowest BCUT2D eigenvalue weighted by molar-refractivity contribution is 0.586. The Labute approximate surface area is 190 Å². The fraction of sp³-hybridized carbons (Fsp3) is 0.250. The van der Waals surface area contributed by atoms with Gasteiger partial charge in [-0.3, -0.25) is 9.03 Å². The van der Waals surface area contributed by atoms with Crippen LogP contribution in [0.3, 0.4) is 0 Å². The van der Waals surface area contributed by atoms with Gasteiger partial charge in [0.15, 0.2) is 0 Å². The number of rotatable bonds is 5.